The molecule has 2 aromatic heterocycles. The van der Waals surface area contributed by atoms with Crippen LogP contribution in [0.5, 0.6) is 0 Å². The van der Waals surface area contributed by atoms with Gasteiger partial charge in [-0.3, -0.25) is 9.36 Å². The molecule has 0 N–H and O–H groups in total. The van der Waals surface area contributed by atoms with Crippen molar-refractivity contribution >= 4 is 17.7 Å². The van der Waals surface area contributed by atoms with Crippen molar-refractivity contribution in [1.82, 2.24) is 19.7 Å². The fourth-order valence-electron chi connectivity index (χ4n) is 2.87. The van der Waals surface area contributed by atoms with Crippen LogP contribution in [0, 0.1) is 6.92 Å². The SMILES string of the molecule is C=CCn1c(SCC(=O)N2CCCCC2)nnc1-c1ccoc1C. The fourth-order valence-corrected chi connectivity index (χ4v) is 3.72. The number of nitrogens with zero attached hydrogens (tertiary/aromatic N) is 4. The van der Waals surface area contributed by atoms with Crippen LogP contribution in [0.25, 0.3) is 11.4 Å². The van der Waals surface area contributed by atoms with E-state index in [4.69, 9.17) is 4.42 Å². The lowest BCUT2D eigenvalue weighted by Gasteiger charge is -2.26. The van der Waals surface area contributed by atoms with Crippen molar-refractivity contribution < 1.29 is 9.21 Å². The molecule has 1 aliphatic rings. The molecule has 24 heavy (non-hydrogen) atoms. The minimum Gasteiger partial charge on any atom is -0.469 e. The summed E-state index contributed by atoms with van der Waals surface area (Å²) in [5.41, 5.74) is 0.915. The number of aromatic nitrogens is 3. The van der Waals surface area contributed by atoms with E-state index in [0.29, 0.717) is 12.3 Å². The zero-order chi connectivity index (χ0) is 16.9. The Morgan fingerprint density at radius 1 is 1.38 bits per heavy atom. The normalized spacial score (nSPS) is 14.8. The summed E-state index contributed by atoms with van der Waals surface area (Å²) in [5, 5.41) is 9.28. The van der Waals surface area contributed by atoms with Crippen LogP contribution in [-0.4, -0.2) is 44.4 Å². The predicted octanol–water partition coefficient (Wildman–Crippen LogP) is 3.14. The van der Waals surface area contributed by atoms with Crippen LogP contribution in [0.1, 0.15) is 25.0 Å². The number of piperidine rings is 1. The molecule has 0 saturated carbocycles. The molecule has 0 spiro atoms. The van der Waals surface area contributed by atoms with Gasteiger partial charge in [-0.05, 0) is 32.3 Å². The van der Waals surface area contributed by atoms with Gasteiger partial charge in [0, 0.05) is 19.6 Å². The number of hydrogen-bond acceptors (Lipinski definition) is 5. The number of furan rings is 1. The first-order valence-corrected chi connectivity index (χ1v) is 9.18. The minimum absolute atomic E-state index is 0.175. The lowest BCUT2D eigenvalue weighted by molar-refractivity contribution is -0.129. The highest BCUT2D eigenvalue weighted by molar-refractivity contribution is 7.99. The second-order valence-corrected chi connectivity index (χ2v) is 6.77. The molecule has 0 bridgehead atoms. The molecule has 6 nitrogen and oxygen atoms in total. The van der Waals surface area contributed by atoms with Gasteiger partial charge in [-0.2, -0.15) is 0 Å². The van der Waals surface area contributed by atoms with Gasteiger partial charge < -0.3 is 9.32 Å². The Morgan fingerprint density at radius 2 is 2.17 bits per heavy atom. The Balaban J connectivity index is 1.73. The van der Waals surface area contributed by atoms with Gasteiger partial charge in [-0.25, -0.2) is 0 Å². The van der Waals surface area contributed by atoms with E-state index in [1.165, 1.54) is 18.2 Å². The van der Waals surface area contributed by atoms with Crippen molar-refractivity contribution in [2.45, 2.75) is 37.9 Å². The molecule has 0 atom stereocenters. The maximum Gasteiger partial charge on any atom is 0.233 e. The van der Waals surface area contributed by atoms with E-state index < -0.39 is 0 Å². The van der Waals surface area contributed by atoms with Gasteiger partial charge in [0.15, 0.2) is 11.0 Å². The first-order chi connectivity index (χ1) is 11.7. The Bertz CT molecular complexity index is 716. The van der Waals surface area contributed by atoms with E-state index in [0.717, 1.165) is 48.2 Å². The van der Waals surface area contributed by atoms with Gasteiger partial charge in [0.25, 0.3) is 0 Å². The van der Waals surface area contributed by atoms with Crippen molar-refractivity contribution in [2.24, 2.45) is 0 Å². The summed E-state index contributed by atoms with van der Waals surface area (Å²) in [6.07, 6.45) is 6.88. The summed E-state index contributed by atoms with van der Waals surface area (Å²) in [6, 6.07) is 1.88. The van der Waals surface area contributed by atoms with Gasteiger partial charge in [-0.1, -0.05) is 17.8 Å². The zero-order valence-corrected chi connectivity index (χ0v) is 14.7. The van der Waals surface area contributed by atoms with Crippen molar-refractivity contribution in [3.05, 3.63) is 30.7 Å². The van der Waals surface area contributed by atoms with E-state index in [1.54, 1.807) is 12.3 Å². The molecule has 3 rings (SSSR count). The molecule has 2 aromatic rings. The average Bonchev–Trinajstić information content (AvgIpc) is 3.20. The third kappa shape index (κ3) is 3.56. The molecule has 0 radical (unpaired) electrons. The molecule has 1 saturated heterocycles. The predicted molar refractivity (Wildman–Crippen MR) is 93.8 cm³/mol. The lowest BCUT2D eigenvalue weighted by atomic mass is 10.1. The van der Waals surface area contributed by atoms with E-state index in [9.17, 15) is 4.79 Å². The van der Waals surface area contributed by atoms with E-state index in [1.807, 2.05) is 22.5 Å². The van der Waals surface area contributed by atoms with Gasteiger partial charge in [0.1, 0.15) is 5.76 Å². The largest absolute Gasteiger partial charge is 0.469 e. The number of likely N-dealkylation sites (tertiary alicyclic amines) is 1. The van der Waals surface area contributed by atoms with Crippen molar-refractivity contribution in [1.29, 1.82) is 0 Å². The molecule has 1 aliphatic heterocycles. The van der Waals surface area contributed by atoms with E-state index >= 15 is 0 Å². The standard InChI is InChI=1S/C17H22N4O2S/c1-3-8-21-16(14-7-11-23-13(14)2)18-19-17(21)24-12-15(22)20-9-5-4-6-10-20/h3,7,11H,1,4-6,8-10,12H2,2H3. The van der Waals surface area contributed by atoms with Crippen LogP contribution in [0.3, 0.4) is 0 Å². The van der Waals surface area contributed by atoms with Crippen LogP contribution < -0.4 is 0 Å². The number of carbonyl (C=O) groups is 1. The molecule has 7 heteroatoms. The van der Waals surface area contributed by atoms with E-state index in [2.05, 4.69) is 16.8 Å². The molecule has 1 amide bonds. The summed E-state index contributed by atoms with van der Waals surface area (Å²) in [6.45, 7) is 8.04. The van der Waals surface area contributed by atoms with Gasteiger partial charge in [-0.15, -0.1) is 16.8 Å². The van der Waals surface area contributed by atoms with Crippen molar-refractivity contribution in [2.75, 3.05) is 18.8 Å². The summed E-state index contributed by atoms with van der Waals surface area (Å²) in [4.78, 5) is 14.3. The van der Waals surface area contributed by atoms with Crippen molar-refractivity contribution in [3.8, 4) is 11.4 Å². The van der Waals surface area contributed by atoms with E-state index in [-0.39, 0.29) is 5.91 Å². The smallest absolute Gasteiger partial charge is 0.233 e. The monoisotopic (exact) mass is 346 g/mol. The zero-order valence-electron chi connectivity index (χ0n) is 13.9. The van der Waals surface area contributed by atoms with Crippen molar-refractivity contribution in [3.63, 3.8) is 0 Å². The maximum absolute atomic E-state index is 12.3. The number of aryl methyl sites for hydroxylation is 1. The Morgan fingerprint density at radius 3 is 2.83 bits per heavy atom. The summed E-state index contributed by atoms with van der Waals surface area (Å²) in [5.74, 6) is 2.11. The second-order valence-electron chi connectivity index (χ2n) is 5.83. The topological polar surface area (TPSA) is 64.2 Å². The highest BCUT2D eigenvalue weighted by Crippen LogP contribution is 2.27. The van der Waals surface area contributed by atoms with Gasteiger partial charge in [0.2, 0.25) is 5.91 Å². The molecule has 128 valence electrons. The third-order valence-electron chi connectivity index (χ3n) is 4.16. The highest BCUT2D eigenvalue weighted by Gasteiger charge is 2.20. The summed E-state index contributed by atoms with van der Waals surface area (Å²) in [7, 11) is 0. The Hall–Kier alpha value is -2.02. The Kier molecular flexibility index (Phi) is 5.40. The maximum atomic E-state index is 12.3. The molecule has 0 aliphatic carbocycles. The van der Waals surface area contributed by atoms with Crippen LogP contribution in [-0.2, 0) is 11.3 Å². The number of amides is 1. The number of thioether (sulfide) groups is 1. The van der Waals surface area contributed by atoms with Crippen LogP contribution in [0.15, 0.2) is 34.6 Å². The number of hydrogen-bond donors (Lipinski definition) is 0. The number of carbonyl (C=O) groups excluding carboxylic acids is 1. The molecule has 0 unspecified atom stereocenters. The van der Waals surface area contributed by atoms with Crippen LogP contribution in [0.2, 0.25) is 0 Å². The minimum atomic E-state index is 0.175. The first kappa shape index (κ1) is 16.8. The van der Waals surface area contributed by atoms with Gasteiger partial charge >= 0.3 is 0 Å². The lowest BCUT2D eigenvalue weighted by Crippen LogP contribution is -2.36. The highest BCUT2D eigenvalue weighted by atomic mass is 32.2. The summed E-state index contributed by atoms with van der Waals surface area (Å²) < 4.78 is 7.34. The quantitative estimate of drug-likeness (QED) is 0.594. The fraction of sp³-hybridized carbons (Fsp3) is 0.471. The molecular weight excluding hydrogens is 324 g/mol. The molecule has 0 aromatic carbocycles. The number of allylic oxidation sites excluding steroid dienone is 1. The van der Waals surface area contributed by atoms with Crippen LogP contribution in [0.4, 0.5) is 0 Å². The molecule has 3 heterocycles. The number of rotatable bonds is 6. The third-order valence-corrected chi connectivity index (χ3v) is 5.11. The van der Waals surface area contributed by atoms with Gasteiger partial charge in [0.05, 0.1) is 17.6 Å². The first-order valence-electron chi connectivity index (χ1n) is 8.20. The molecular formula is C17H22N4O2S. The van der Waals surface area contributed by atoms with Crippen LogP contribution >= 0.6 is 11.8 Å². The average molecular weight is 346 g/mol. The molecule has 1 fully saturated rings. The second kappa shape index (κ2) is 7.70. The summed E-state index contributed by atoms with van der Waals surface area (Å²) >= 11 is 1.43. The Labute approximate surface area is 145 Å².